The molecule has 0 radical (unpaired) electrons. The Hall–Kier alpha value is -2.71. The molecular formula is C14H13F3N3O3-. The van der Waals surface area contributed by atoms with Crippen molar-refractivity contribution in [2.75, 3.05) is 11.4 Å². The molecule has 0 bridgehead atoms. The Balaban J connectivity index is 1.98. The number of rotatable bonds is 6. The van der Waals surface area contributed by atoms with Crippen molar-refractivity contribution in [3.63, 3.8) is 0 Å². The standard InChI is InChI=1S/C14H14F3N3O3/c15-14(16,17)23-12-5-3-11(4-6-12)20(13(21)22)7-1-2-10-8-18-9-19-10/h3-6,8-9H,1-2,7H2,(H,18,19)(H,21,22)/p-1. The van der Waals surface area contributed by atoms with Gasteiger partial charge in [0.1, 0.15) is 11.8 Å². The van der Waals surface area contributed by atoms with E-state index in [1.54, 1.807) is 6.20 Å². The van der Waals surface area contributed by atoms with E-state index in [1.807, 2.05) is 0 Å². The van der Waals surface area contributed by atoms with E-state index in [-0.39, 0.29) is 12.2 Å². The second kappa shape index (κ2) is 7.03. The van der Waals surface area contributed by atoms with Crippen LogP contribution in [0.15, 0.2) is 36.8 Å². The summed E-state index contributed by atoms with van der Waals surface area (Å²) in [5, 5.41) is 11.2. The molecule has 0 aliphatic rings. The molecule has 0 atom stereocenters. The molecule has 0 saturated carbocycles. The molecule has 124 valence electrons. The number of ether oxygens (including phenoxy) is 1. The molecule has 0 aliphatic heterocycles. The molecule has 1 aromatic heterocycles. The summed E-state index contributed by atoms with van der Waals surface area (Å²) in [5.41, 5.74) is 1.07. The first kappa shape index (κ1) is 16.7. The molecule has 0 aliphatic carbocycles. The van der Waals surface area contributed by atoms with Gasteiger partial charge in [-0.2, -0.15) is 0 Å². The highest BCUT2D eigenvalue weighted by Gasteiger charge is 2.31. The summed E-state index contributed by atoms with van der Waals surface area (Å²) in [6, 6.07) is 4.56. The van der Waals surface area contributed by atoms with Gasteiger partial charge in [0, 0.05) is 24.1 Å². The van der Waals surface area contributed by atoms with Crippen molar-refractivity contribution in [1.82, 2.24) is 9.97 Å². The van der Waals surface area contributed by atoms with Gasteiger partial charge in [0.2, 0.25) is 0 Å². The molecule has 0 saturated heterocycles. The Kier molecular flexibility index (Phi) is 5.09. The van der Waals surface area contributed by atoms with Gasteiger partial charge in [-0.3, -0.25) is 0 Å². The molecule has 2 aromatic rings. The van der Waals surface area contributed by atoms with E-state index in [0.717, 1.165) is 22.7 Å². The van der Waals surface area contributed by atoms with Gasteiger partial charge in [-0.15, -0.1) is 13.2 Å². The van der Waals surface area contributed by atoms with Gasteiger partial charge in [-0.05, 0) is 37.1 Å². The van der Waals surface area contributed by atoms with Crippen LogP contribution >= 0.6 is 0 Å². The van der Waals surface area contributed by atoms with Crippen LogP contribution in [0.1, 0.15) is 12.1 Å². The van der Waals surface area contributed by atoms with E-state index < -0.39 is 18.2 Å². The fraction of sp³-hybridized carbons (Fsp3) is 0.286. The van der Waals surface area contributed by atoms with Gasteiger partial charge in [-0.25, -0.2) is 4.98 Å². The van der Waals surface area contributed by atoms with Crippen LogP contribution in [-0.4, -0.2) is 29.0 Å². The Morgan fingerprint density at radius 3 is 2.52 bits per heavy atom. The number of aromatic nitrogens is 2. The monoisotopic (exact) mass is 328 g/mol. The van der Waals surface area contributed by atoms with Crippen molar-refractivity contribution in [2.45, 2.75) is 19.2 Å². The fourth-order valence-corrected chi connectivity index (χ4v) is 2.00. The summed E-state index contributed by atoms with van der Waals surface area (Å²) < 4.78 is 40.0. The van der Waals surface area contributed by atoms with Gasteiger partial charge >= 0.3 is 6.36 Å². The number of H-pyrrole nitrogens is 1. The normalized spacial score (nSPS) is 11.3. The van der Waals surface area contributed by atoms with Gasteiger partial charge < -0.3 is 24.5 Å². The van der Waals surface area contributed by atoms with Crippen LogP contribution in [0.2, 0.25) is 0 Å². The SMILES string of the molecule is O=C([O-])N(CCCc1cnc[nH]1)c1ccc(OC(F)(F)F)cc1. The van der Waals surface area contributed by atoms with Crippen LogP contribution in [0.4, 0.5) is 23.7 Å². The Morgan fingerprint density at radius 2 is 2.00 bits per heavy atom. The summed E-state index contributed by atoms with van der Waals surface area (Å²) in [6.07, 6.45) is -1.99. The van der Waals surface area contributed by atoms with Crippen molar-refractivity contribution >= 4 is 11.8 Å². The molecule has 1 aromatic carbocycles. The number of amides is 1. The zero-order chi connectivity index (χ0) is 16.9. The summed E-state index contributed by atoms with van der Waals surface area (Å²) in [4.78, 5) is 18.9. The molecule has 0 fully saturated rings. The van der Waals surface area contributed by atoms with Crippen LogP contribution in [0.3, 0.4) is 0 Å². The Bertz CT molecular complexity index is 627. The lowest BCUT2D eigenvalue weighted by atomic mass is 10.2. The third-order valence-corrected chi connectivity index (χ3v) is 2.99. The van der Waals surface area contributed by atoms with Crippen molar-refractivity contribution in [3.8, 4) is 5.75 Å². The number of aromatic amines is 1. The number of aryl methyl sites for hydroxylation is 1. The number of carbonyl (C=O) groups excluding carboxylic acids is 1. The molecule has 6 nitrogen and oxygen atoms in total. The lowest BCUT2D eigenvalue weighted by Gasteiger charge is -2.25. The minimum absolute atomic E-state index is 0.140. The average molecular weight is 328 g/mol. The first-order valence-corrected chi connectivity index (χ1v) is 6.67. The highest BCUT2D eigenvalue weighted by atomic mass is 19.4. The molecule has 9 heteroatoms. The van der Waals surface area contributed by atoms with Crippen LogP contribution in [0.25, 0.3) is 0 Å². The zero-order valence-corrected chi connectivity index (χ0v) is 11.8. The largest absolute Gasteiger partial charge is 0.573 e. The molecule has 2 rings (SSSR count). The maximum absolute atomic E-state index is 12.1. The van der Waals surface area contributed by atoms with E-state index in [4.69, 9.17) is 0 Å². The third kappa shape index (κ3) is 5.20. The number of anilines is 1. The number of benzene rings is 1. The van der Waals surface area contributed by atoms with E-state index in [1.165, 1.54) is 18.5 Å². The van der Waals surface area contributed by atoms with Gasteiger partial charge in [0.25, 0.3) is 0 Å². The fourth-order valence-electron chi connectivity index (χ4n) is 2.00. The minimum atomic E-state index is -4.79. The first-order valence-electron chi connectivity index (χ1n) is 6.67. The molecule has 0 unspecified atom stereocenters. The van der Waals surface area contributed by atoms with Gasteiger partial charge in [-0.1, -0.05) is 0 Å². The van der Waals surface area contributed by atoms with E-state index in [9.17, 15) is 23.1 Å². The molecule has 1 heterocycles. The highest BCUT2D eigenvalue weighted by Crippen LogP contribution is 2.25. The lowest BCUT2D eigenvalue weighted by Crippen LogP contribution is -2.42. The van der Waals surface area contributed by atoms with E-state index >= 15 is 0 Å². The quantitative estimate of drug-likeness (QED) is 0.880. The second-order valence-corrected chi connectivity index (χ2v) is 4.64. The highest BCUT2D eigenvalue weighted by molar-refractivity contribution is 5.84. The number of hydrogen-bond acceptors (Lipinski definition) is 4. The third-order valence-electron chi connectivity index (χ3n) is 2.99. The maximum Gasteiger partial charge on any atom is 0.573 e. The number of alkyl halides is 3. The molecule has 1 N–H and O–H groups in total. The van der Waals surface area contributed by atoms with Crippen molar-refractivity contribution < 1.29 is 27.8 Å². The minimum Gasteiger partial charge on any atom is -0.530 e. The Labute approximate surface area is 129 Å². The average Bonchev–Trinajstić information content (AvgIpc) is 2.96. The predicted octanol–water partition coefficient (Wildman–Crippen LogP) is 2.09. The lowest BCUT2D eigenvalue weighted by molar-refractivity contribution is -0.274. The predicted molar refractivity (Wildman–Crippen MR) is 72.8 cm³/mol. The van der Waals surface area contributed by atoms with Crippen LogP contribution in [0, 0.1) is 0 Å². The zero-order valence-electron chi connectivity index (χ0n) is 11.8. The van der Waals surface area contributed by atoms with Crippen molar-refractivity contribution in [2.24, 2.45) is 0 Å². The number of hydrogen-bond donors (Lipinski definition) is 1. The molecular weight excluding hydrogens is 315 g/mol. The first-order chi connectivity index (χ1) is 10.8. The number of carboxylic acid groups (broad SMARTS) is 1. The van der Waals surface area contributed by atoms with Crippen molar-refractivity contribution in [1.29, 1.82) is 0 Å². The number of halogens is 3. The van der Waals surface area contributed by atoms with Gasteiger partial charge in [0.15, 0.2) is 0 Å². The molecule has 1 amide bonds. The molecule has 0 spiro atoms. The van der Waals surface area contributed by atoms with Crippen LogP contribution < -0.4 is 14.7 Å². The summed E-state index contributed by atoms with van der Waals surface area (Å²) >= 11 is 0. The summed E-state index contributed by atoms with van der Waals surface area (Å²) in [7, 11) is 0. The van der Waals surface area contributed by atoms with E-state index in [0.29, 0.717) is 12.8 Å². The smallest absolute Gasteiger partial charge is 0.530 e. The van der Waals surface area contributed by atoms with E-state index in [2.05, 4.69) is 14.7 Å². The van der Waals surface area contributed by atoms with Gasteiger partial charge in [0.05, 0.1) is 6.33 Å². The summed E-state index contributed by atoms with van der Waals surface area (Å²) in [6.45, 7) is 0.140. The topological polar surface area (TPSA) is 81.3 Å². The van der Waals surface area contributed by atoms with Crippen LogP contribution in [0.5, 0.6) is 5.75 Å². The molecule has 23 heavy (non-hydrogen) atoms. The maximum atomic E-state index is 12.1. The Morgan fingerprint density at radius 1 is 1.30 bits per heavy atom. The number of imidazole rings is 1. The van der Waals surface area contributed by atoms with Crippen LogP contribution in [-0.2, 0) is 6.42 Å². The summed E-state index contributed by atoms with van der Waals surface area (Å²) in [5.74, 6) is -0.419. The number of nitrogens with one attached hydrogen (secondary N) is 1. The number of nitrogens with zero attached hydrogens (tertiary/aromatic N) is 2. The number of carbonyl (C=O) groups is 1. The second-order valence-electron chi connectivity index (χ2n) is 4.64. The van der Waals surface area contributed by atoms with Crippen molar-refractivity contribution in [3.05, 3.63) is 42.5 Å².